The molecular formula is C25H25F3N8O. The zero-order valence-electron chi connectivity index (χ0n) is 20.3. The zero-order chi connectivity index (χ0) is 26.2. The maximum Gasteiger partial charge on any atom is 0.417 e. The summed E-state index contributed by atoms with van der Waals surface area (Å²) in [7, 11) is 2.06. The minimum Gasteiger partial charge on any atom is -0.473 e. The van der Waals surface area contributed by atoms with E-state index >= 15 is 0 Å². The van der Waals surface area contributed by atoms with Crippen LogP contribution in [0.3, 0.4) is 0 Å². The van der Waals surface area contributed by atoms with Gasteiger partial charge in [0.15, 0.2) is 0 Å². The van der Waals surface area contributed by atoms with Crippen LogP contribution >= 0.6 is 0 Å². The van der Waals surface area contributed by atoms with Crippen molar-refractivity contribution in [3.8, 4) is 11.9 Å². The van der Waals surface area contributed by atoms with Gasteiger partial charge in [0.1, 0.15) is 18.0 Å². The molecule has 5 rings (SSSR count). The summed E-state index contributed by atoms with van der Waals surface area (Å²) in [6, 6.07) is 6.61. The number of pyridine rings is 2. The summed E-state index contributed by atoms with van der Waals surface area (Å²) in [4.78, 5) is 19.3. The van der Waals surface area contributed by atoms with Crippen molar-refractivity contribution >= 4 is 11.8 Å². The molecule has 2 N–H and O–H groups in total. The van der Waals surface area contributed by atoms with Gasteiger partial charge in [0.25, 0.3) is 0 Å². The molecule has 2 unspecified atom stereocenters. The van der Waals surface area contributed by atoms with Crippen LogP contribution in [-0.2, 0) is 6.18 Å². The van der Waals surface area contributed by atoms with E-state index in [0.29, 0.717) is 23.0 Å². The van der Waals surface area contributed by atoms with Crippen molar-refractivity contribution in [1.29, 1.82) is 5.26 Å². The summed E-state index contributed by atoms with van der Waals surface area (Å²) in [5.41, 5.74) is 0.896. The molecule has 2 aliphatic rings. The van der Waals surface area contributed by atoms with E-state index in [0.717, 1.165) is 37.3 Å². The average molecular weight is 511 g/mol. The lowest BCUT2D eigenvalue weighted by Crippen LogP contribution is -2.21. The number of alkyl halides is 3. The Hall–Kier alpha value is -3.98. The first-order valence-corrected chi connectivity index (χ1v) is 11.9. The number of rotatable bonds is 6. The Balaban J connectivity index is 1.34. The molecule has 2 aliphatic heterocycles. The van der Waals surface area contributed by atoms with Gasteiger partial charge in [0, 0.05) is 49.6 Å². The molecule has 3 aromatic heterocycles. The predicted octanol–water partition coefficient (Wildman–Crippen LogP) is 3.97. The zero-order valence-corrected chi connectivity index (χ0v) is 20.3. The number of likely N-dealkylation sites (N-methyl/N-ethyl adjacent to an activating group) is 1. The lowest BCUT2D eigenvalue weighted by Gasteiger charge is -2.18. The number of likely N-dealkylation sites (tertiary alicyclic amines) is 1. The molecule has 3 atom stereocenters. The van der Waals surface area contributed by atoms with Crippen molar-refractivity contribution in [2.45, 2.75) is 37.6 Å². The summed E-state index contributed by atoms with van der Waals surface area (Å²) in [5, 5.41) is 15.8. The van der Waals surface area contributed by atoms with Crippen LogP contribution in [-0.4, -0.2) is 57.6 Å². The lowest BCUT2D eigenvalue weighted by molar-refractivity contribution is -0.137. The molecule has 12 heteroatoms. The van der Waals surface area contributed by atoms with Crippen LogP contribution in [0.1, 0.15) is 53.3 Å². The SMILES string of the molecule is CC(Nc1ncc(C#N)c(C2CNc3ncc(C(F)(F)F)cc32)n1)c1ccc(O[C@@H]2CCN(C)C2)nc1. The van der Waals surface area contributed by atoms with E-state index in [4.69, 9.17) is 4.74 Å². The molecule has 37 heavy (non-hydrogen) atoms. The van der Waals surface area contributed by atoms with Crippen molar-refractivity contribution in [3.05, 3.63) is 64.7 Å². The highest BCUT2D eigenvalue weighted by Gasteiger charge is 2.35. The monoisotopic (exact) mass is 510 g/mol. The van der Waals surface area contributed by atoms with Crippen LogP contribution in [0.2, 0.25) is 0 Å². The number of nitrogens with zero attached hydrogens (tertiary/aromatic N) is 6. The number of hydrogen-bond acceptors (Lipinski definition) is 9. The predicted molar refractivity (Wildman–Crippen MR) is 129 cm³/mol. The third-order valence-electron chi connectivity index (χ3n) is 6.60. The Morgan fingerprint density at radius 1 is 1.22 bits per heavy atom. The van der Waals surface area contributed by atoms with Gasteiger partial charge in [0.05, 0.1) is 29.1 Å². The van der Waals surface area contributed by atoms with Crippen LogP contribution in [0.25, 0.3) is 0 Å². The van der Waals surface area contributed by atoms with Crippen LogP contribution in [0.5, 0.6) is 5.88 Å². The molecule has 5 heterocycles. The van der Waals surface area contributed by atoms with Crippen molar-refractivity contribution in [1.82, 2.24) is 24.8 Å². The largest absolute Gasteiger partial charge is 0.473 e. The lowest BCUT2D eigenvalue weighted by atomic mass is 9.95. The topological polar surface area (TPSA) is 112 Å². The third kappa shape index (κ3) is 5.27. The molecule has 1 saturated heterocycles. The molecule has 0 spiro atoms. The highest BCUT2D eigenvalue weighted by atomic mass is 19.4. The van der Waals surface area contributed by atoms with Gasteiger partial charge in [-0.1, -0.05) is 6.07 Å². The van der Waals surface area contributed by atoms with E-state index < -0.39 is 17.7 Å². The second-order valence-electron chi connectivity index (χ2n) is 9.28. The second kappa shape index (κ2) is 9.82. The summed E-state index contributed by atoms with van der Waals surface area (Å²) in [5.74, 6) is 0.587. The standard InChI is InChI=1S/C25H25F3N8O/c1-14(15-3-4-21(30-9-15)37-18-5-6-36(2)13-18)34-24-33-10-16(8-29)22(35-24)20-12-32-23-19(20)7-17(11-31-23)25(26,27)28/h3-4,7,9-11,14,18,20H,5-6,12-13H2,1-2H3,(H,31,32)(H,33,34,35)/t14?,18-,20?/m1/s1. The molecule has 0 saturated carbocycles. The first-order chi connectivity index (χ1) is 17.7. The molecule has 0 aromatic carbocycles. The summed E-state index contributed by atoms with van der Waals surface area (Å²) < 4.78 is 45.8. The van der Waals surface area contributed by atoms with Gasteiger partial charge in [0.2, 0.25) is 11.8 Å². The highest BCUT2D eigenvalue weighted by Crippen LogP contribution is 2.39. The number of halogens is 3. The van der Waals surface area contributed by atoms with Crippen molar-refractivity contribution in [2.75, 3.05) is 37.3 Å². The number of aromatic nitrogens is 4. The van der Waals surface area contributed by atoms with Crippen LogP contribution < -0.4 is 15.4 Å². The van der Waals surface area contributed by atoms with E-state index in [9.17, 15) is 18.4 Å². The molecule has 0 aliphatic carbocycles. The van der Waals surface area contributed by atoms with Gasteiger partial charge >= 0.3 is 6.18 Å². The molecule has 9 nitrogen and oxygen atoms in total. The third-order valence-corrected chi connectivity index (χ3v) is 6.60. The maximum atomic E-state index is 13.3. The van der Waals surface area contributed by atoms with Crippen LogP contribution in [0.4, 0.5) is 24.9 Å². The average Bonchev–Trinajstić information content (AvgIpc) is 3.49. The van der Waals surface area contributed by atoms with Gasteiger partial charge in [-0.3, -0.25) is 0 Å². The maximum absolute atomic E-state index is 13.3. The number of ether oxygens (including phenoxy) is 1. The van der Waals surface area contributed by atoms with E-state index in [2.05, 4.69) is 42.5 Å². The van der Waals surface area contributed by atoms with Gasteiger partial charge in [-0.25, -0.2) is 19.9 Å². The molecule has 0 bridgehead atoms. The summed E-state index contributed by atoms with van der Waals surface area (Å²) in [6.45, 7) is 4.05. The van der Waals surface area contributed by atoms with Gasteiger partial charge in [-0.15, -0.1) is 0 Å². The fraction of sp³-hybridized carbons (Fsp3) is 0.400. The van der Waals surface area contributed by atoms with Gasteiger partial charge < -0.3 is 20.3 Å². The molecule has 3 aromatic rings. The molecule has 192 valence electrons. The fourth-order valence-corrected chi connectivity index (χ4v) is 4.58. The number of anilines is 2. The van der Waals surface area contributed by atoms with Gasteiger partial charge in [-0.2, -0.15) is 18.4 Å². The van der Waals surface area contributed by atoms with E-state index in [-0.39, 0.29) is 30.2 Å². The van der Waals surface area contributed by atoms with Crippen molar-refractivity contribution in [2.24, 2.45) is 0 Å². The summed E-state index contributed by atoms with van der Waals surface area (Å²) >= 11 is 0. The second-order valence-corrected chi connectivity index (χ2v) is 9.28. The normalized spacial score (nSPS) is 20.1. The minimum atomic E-state index is -4.52. The van der Waals surface area contributed by atoms with Crippen molar-refractivity contribution in [3.63, 3.8) is 0 Å². The number of fused-ring (bicyclic) bond motifs is 1. The Morgan fingerprint density at radius 3 is 2.73 bits per heavy atom. The van der Waals surface area contributed by atoms with E-state index in [1.165, 1.54) is 6.20 Å². The van der Waals surface area contributed by atoms with Crippen LogP contribution in [0.15, 0.2) is 36.8 Å². The molecule has 0 radical (unpaired) electrons. The first kappa shape index (κ1) is 24.7. The Labute approximate surface area is 211 Å². The molecule has 0 amide bonds. The molecular weight excluding hydrogens is 485 g/mol. The smallest absolute Gasteiger partial charge is 0.417 e. The van der Waals surface area contributed by atoms with Gasteiger partial charge in [-0.05, 0) is 32.0 Å². The van der Waals surface area contributed by atoms with Crippen LogP contribution in [0, 0.1) is 11.3 Å². The Kier molecular flexibility index (Phi) is 6.55. The number of nitriles is 1. The molecule has 1 fully saturated rings. The van der Waals surface area contributed by atoms with E-state index in [1.54, 1.807) is 6.20 Å². The fourth-order valence-electron chi connectivity index (χ4n) is 4.58. The van der Waals surface area contributed by atoms with E-state index in [1.807, 2.05) is 25.1 Å². The first-order valence-electron chi connectivity index (χ1n) is 11.9. The number of hydrogen-bond donors (Lipinski definition) is 2. The highest BCUT2D eigenvalue weighted by molar-refractivity contribution is 5.58. The summed E-state index contributed by atoms with van der Waals surface area (Å²) in [6.07, 6.45) is 0.461. The quantitative estimate of drug-likeness (QED) is 0.509. The van der Waals surface area contributed by atoms with Crippen molar-refractivity contribution < 1.29 is 17.9 Å². The Bertz CT molecular complexity index is 1320. The Morgan fingerprint density at radius 2 is 2.05 bits per heavy atom. The minimum absolute atomic E-state index is 0.127. The number of nitrogens with one attached hydrogen (secondary N) is 2.